The molecule has 2 N–H and O–H groups in total. The van der Waals surface area contributed by atoms with Crippen LogP contribution < -0.4 is 10.6 Å². The molecule has 2 rings (SSSR count). The van der Waals surface area contributed by atoms with Crippen molar-refractivity contribution in [3.63, 3.8) is 0 Å². The Morgan fingerprint density at radius 3 is 2.87 bits per heavy atom. The van der Waals surface area contributed by atoms with Crippen LogP contribution in [0.3, 0.4) is 0 Å². The van der Waals surface area contributed by atoms with Gasteiger partial charge in [0, 0.05) is 32.8 Å². The lowest BCUT2D eigenvalue weighted by Gasteiger charge is -2.18. The number of hydrogen-bond acceptors (Lipinski definition) is 3. The molecule has 3 heteroatoms. The number of nitrogens with one attached hydrogen (secondary N) is 2. The molecule has 0 aromatic heterocycles. The maximum Gasteiger partial charge on any atom is 0.0860 e. The van der Waals surface area contributed by atoms with Gasteiger partial charge in [-0.25, -0.2) is 0 Å². The van der Waals surface area contributed by atoms with Gasteiger partial charge in [0.05, 0.1) is 6.10 Å². The molecule has 2 unspecified atom stereocenters. The Labute approximate surface area is 90.8 Å². The highest BCUT2D eigenvalue weighted by Gasteiger charge is 2.25. The summed E-state index contributed by atoms with van der Waals surface area (Å²) in [6.45, 7) is 2.85. The first-order chi connectivity index (χ1) is 7.40. The quantitative estimate of drug-likeness (QED) is 0.763. The SMILES string of the molecule is COC1CNCC1NCc1ccccc1. The molecule has 1 saturated heterocycles. The van der Waals surface area contributed by atoms with E-state index in [4.69, 9.17) is 4.74 Å². The number of ether oxygens (including phenoxy) is 1. The summed E-state index contributed by atoms with van der Waals surface area (Å²) in [7, 11) is 1.77. The van der Waals surface area contributed by atoms with E-state index in [1.807, 2.05) is 6.07 Å². The van der Waals surface area contributed by atoms with Gasteiger partial charge in [-0.3, -0.25) is 0 Å². The molecule has 1 fully saturated rings. The summed E-state index contributed by atoms with van der Waals surface area (Å²) < 4.78 is 5.39. The van der Waals surface area contributed by atoms with Crippen molar-refractivity contribution < 1.29 is 4.74 Å². The van der Waals surface area contributed by atoms with Crippen LogP contribution in [0.25, 0.3) is 0 Å². The van der Waals surface area contributed by atoms with Crippen LogP contribution in [-0.2, 0) is 11.3 Å². The fourth-order valence-electron chi connectivity index (χ4n) is 1.95. The van der Waals surface area contributed by atoms with Crippen molar-refractivity contribution in [1.29, 1.82) is 0 Å². The molecule has 0 bridgehead atoms. The Kier molecular flexibility index (Phi) is 3.72. The average molecular weight is 206 g/mol. The maximum absolute atomic E-state index is 5.39. The first-order valence-electron chi connectivity index (χ1n) is 5.41. The third-order valence-corrected chi connectivity index (χ3v) is 2.87. The molecule has 1 aliphatic heterocycles. The van der Waals surface area contributed by atoms with E-state index >= 15 is 0 Å². The topological polar surface area (TPSA) is 33.3 Å². The standard InChI is InChI=1S/C12H18N2O/c1-15-12-9-13-8-11(12)14-7-10-5-3-2-4-6-10/h2-6,11-14H,7-9H2,1H3. The van der Waals surface area contributed by atoms with Gasteiger partial charge in [0.15, 0.2) is 0 Å². The van der Waals surface area contributed by atoms with Crippen molar-refractivity contribution in [3.05, 3.63) is 35.9 Å². The van der Waals surface area contributed by atoms with E-state index in [-0.39, 0.29) is 0 Å². The van der Waals surface area contributed by atoms with Gasteiger partial charge in [0.2, 0.25) is 0 Å². The lowest BCUT2D eigenvalue weighted by atomic mass is 10.2. The number of rotatable bonds is 4. The minimum atomic E-state index is 0.300. The van der Waals surface area contributed by atoms with E-state index in [1.165, 1.54) is 5.56 Å². The Morgan fingerprint density at radius 1 is 1.33 bits per heavy atom. The zero-order valence-electron chi connectivity index (χ0n) is 9.07. The molecule has 82 valence electrons. The van der Waals surface area contributed by atoms with Gasteiger partial charge < -0.3 is 15.4 Å². The largest absolute Gasteiger partial charge is 0.378 e. The molecule has 0 radical (unpaired) electrons. The van der Waals surface area contributed by atoms with Crippen molar-refractivity contribution >= 4 is 0 Å². The highest BCUT2D eigenvalue weighted by molar-refractivity contribution is 5.14. The highest BCUT2D eigenvalue weighted by atomic mass is 16.5. The summed E-state index contributed by atoms with van der Waals surface area (Å²) in [5, 5.41) is 6.83. The molecule has 1 aromatic rings. The smallest absolute Gasteiger partial charge is 0.0860 e. The zero-order valence-corrected chi connectivity index (χ0v) is 9.07. The molecule has 0 aliphatic carbocycles. The Morgan fingerprint density at radius 2 is 2.13 bits per heavy atom. The molecule has 0 amide bonds. The number of hydrogen-bond donors (Lipinski definition) is 2. The van der Waals surface area contributed by atoms with Gasteiger partial charge in [0.1, 0.15) is 0 Å². The predicted molar refractivity (Wildman–Crippen MR) is 60.7 cm³/mol. The molecular formula is C12H18N2O. The first kappa shape index (κ1) is 10.6. The van der Waals surface area contributed by atoms with Gasteiger partial charge in [-0.1, -0.05) is 30.3 Å². The second kappa shape index (κ2) is 5.26. The lowest BCUT2D eigenvalue weighted by molar-refractivity contribution is 0.0959. The van der Waals surface area contributed by atoms with Crippen LogP contribution >= 0.6 is 0 Å². The molecule has 3 nitrogen and oxygen atoms in total. The van der Waals surface area contributed by atoms with E-state index in [2.05, 4.69) is 34.9 Å². The first-order valence-corrected chi connectivity index (χ1v) is 5.41. The molecule has 15 heavy (non-hydrogen) atoms. The minimum absolute atomic E-state index is 0.300. The lowest BCUT2D eigenvalue weighted by Crippen LogP contribution is -2.39. The normalized spacial score (nSPS) is 25.7. The summed E-state index contributed by atoms with van der Waals surface area (Å²) >= 11 is 0. The van der Waals surface area contributed by atoms with Crippen molar-refractivity contribution in [2.24, 2.45) is 0 Å². The summed E-state index contributed by atoms with van der Waals surface area (Å²) in [4.78, 5) is 0. The van der Waals surface area contributed by atoms with Crippen molar-refractivity contribution in [1.82, 2.24) is 10.6 Å². The van der Waals surface area contributed by atoms with Gasteiger partial charge in [-0.2, -0.15) is 0 Å². The Balaban J connectivity index is 1.83. The van der Waals surface area contributed by atoms with Gasteiger partial charge in [-0.05, 0) is 5.56 Å². The third-order valence-electron chi connectivity index (χ3n) is 2.87. The molecule has 1 aromatic carbocycles. The van der Waals surface area contributed by atoms with E-state index in [0.29, 0.717) is 12.1 Å². The zero-order chi connectivity index (χ0) is 10.5. The molecule has 1 heterocycles. The molecular weight excluding hydrogens is 188 g/mol. The third kappa shape index (κ3) is 2.78. The number of benzene rings is 1. The monoisotopic (exact) mass is 206 g/mol. The van der Waals surface area contributed by atoms with E-state index in [0.717, 1.165) is 19.6 Å². The van der Waals surface area contributed by atoms with Gasteiger partial charge in [-0.15, -0.1) is 0 Å². The summed E-state index contributed by atoms with van der Waals surface area (Å²) in [6, 6.07) is 10.9. The molecule has 2 atom stereocenters. The second-order valence-corrected chi connectivity index (χ2v) is 3.91. The fourth-order valence-corrected chi connectivity index (χ4v) is 1.95. The second-order valence-electron chi connectivity index (χ2n) is 3.91. The van der Waals surface area contributed by atoms with Crippen LogP contribution in [0.15, 0.2) is 30.3 Å². The van der Waals surface area contributed by atoms with Crippen molar-refractivity contribution in [3.8, 4) is 0 Å². The summed E-state index contributed by atoms with van der Waals surface area (Å²) in [5.41, 5.74) is 1.32. The fraction of sp³-hybridized carbons (Fsp3) is 0.500. The van der Waals surface area contributed by atoms with Crippen LogP contribution in [0.2, 0.25) is 0 Å². The Bertz CT molecular complexity index is 289. The van der Waals surface area contributed by atoms with E-state index in [9.17, 15) is 0 Å². The van der Waals surface area contributed by atoms with Crippen molar-refractivity contribution in [2.45, 2.75) is 18.7 Å². The molecule has 0 spiro atoms. The van der Waals surface area contributed by atoms with Crippen LogP contribution in [0.4, 0.5) is 0 Å². The van der Waals surface area contributed by atoms with Gasteiger partial charge in [0.25, 0.3) is 0 Å². The summed E-state index contributed by atoms with van der Waals surface area (Å²) in [6.07, 6.45) is 0.300. The predicted octanol–water partition coefficient (Wildman–Crippen LogP) is 0.763. The van der Waals surface area contributed by atoms with E-state index in [1.54, 1.807) is 7.11 Å². The van der Waals surface area contributed by atoms with Crippen LogP contribution in [0.1, 0.15) is 5.56 Å². The van der Waals surface area contributed by atoms with Gasteiger partial charge >= 0.3 is 0 Å². The van der Waals surface area contributed by atoms with Crippen LogP contribution in [0, 0.1) is 0 Å². The van der Waals surface area contributed by atoms with Crippen molar-refractivity contribution in [2.75, 3.05) is 20.2 Å². The molecule has 1 aliphatic rings. The summed E-state index contributed by atoms with van der Waals surface area (Å²) in [5.74, 6) is 0. The van der Waals surface area contributed by atoms with E-state index < -0.39 is 0 Å². The maximum atomic E-state index is 5.39. The number of methoxy groups -OCH3 is 1. The van der Waals surface area contributed by atoms with Crippen LogP contribution in [-0.4, -0.2) is 32.3 Å². The van der Waals surface area contributed by atoms with Crippen LogP contribution in [0.5, 0.6) is 0 Å². The molecule has 0 saturated carbocycles. The Hall–Kier alpha value is -0.900. The highest BCUT2D eigenvalue weighted by Crippen LogP contribution is 2.05. The minimum Gasteiger partial charge on any atom is -0.378 e. The average Bonchev–Trinajstić information content (AvgIpc) is 2.75.